The molecule has 0 aromatic heterocycles. The van der Waals surface area contributed by atoms with Crippen LogP contribution >= 0.6 is 0 Å². The average Bonchev–Trinajstić information content (AvgIpc) is 3.19. The van der Waals surface area contributed by atoms with Gasteiger partial charge in [-0.1, -0.05) is 36.4 Å². The summed E-state index contributed by atoms with van der Waals surface area (Å²) in [5.41, 5.74) is 3.70. The second-order valence-corrected chi connectivity index (χ2v) is 7.03. The lowest BCUT2D eigenvalue weighted by atomic mass is 10.0. The zero-order valence-corrected chi connectivity index (χ0v) is 15.7. The van der Waals surface area contributed by atoms with Crippen molar-refractivity contribution in [2.24, 2.45) is 0 Å². The van der Waals surface area contributed by atoms with Gasteiger partial charge in [-0.2, -0.15) is 0 Å². The fraction of sp³-hybridized carbons (Fsp3) is 0.273. The molecule has 0 atom stereocenters. The first-order valence-corrected chi connectivity index (χ1v) is 9.15. The molecule has 0 radical (unpaired) electrons. The number of carbonyl (C=O) groups is 2. The van der Waals surface area contributed by atoms with Crippen LogP contribution < -0.4 is 9.64 Å². The number of hydrogen-bond donors (Lipinski definition) is 0. The highest BCUT2D eigenvalue weighted by Crippen LogP contribution is 2.41. The quantitative estimate of drug-likeness (QED) is 0.784. The van der Waals surface area contributed by atoms with Gasteiger partial charge in [0.25, 0.3) is 11.8 Å². The standard InChI is InChI=1S/C22H22N2O3/c1-14(2)24-21(25)19(16-9-5-7-11-18(16)27-3)20(22(24)26)23-13-12-15-8-4-6-10-17(15)23/h4-11,14H,12-13H2,1-3H3. The number of fused-ring (bicyclic) bond motifs is 1. The number of rotatable bonds is 4. The van der Waals surface area contributed by atoms with Crippen LogP contribution in [0.15, 0.2) is 54.2 Å². The molecule has 2 aliphatic rings. The van der Waals surface area contributed by atoms with Crippen molar-refractivity contribution in [2.75, 3.05) is 18.6 Å². The molecule has 5 heteroatoms. The molecule has 2 aromatic carbocycles. The Hall–Kier alpha value is -3.08. The fourth-order valence-corrected chi connectivity index (χ4v) is 3.92. The van der Waals surface area contributed by atoms with Gasteiger partial charge in [-0.3, -0.25) is 14.5 Å². The van der Waals surface area contributed by atoms with Crippen LogP contribution in [-0.2, 0) is 16.0 Å². The van der Waals surface area contributed by atoms with Crippen LogP contribution in [0.3, 0.4) is 0 Å². The number of amides is 2. The molecule has 4 rings (SSSR count). The molecule has 2 aliphatic heterocycles. The molecule has 0 saturated heterocycles. The van der Waals surface area contributed by atoms with Gasteiger partial charge in [-0.25, -0.2) is 0 Å². The molecule has 0 N–H and O–H groups in total. The molecule has 0 fully saturated rings. The molecule has 0 spiro atoms. The van der Waals surface area contributed by atoms with Gasteiger partial charge in [0.1, 0.15) is 11.4 Å². The maximum Gasteiger partial charge on any atom is 0.278 e. The Morgan fingerprint density at radius 1 is 0.963 bits per heavy atom. The second kappa shape index (κ2) is 6.58. The van der Waals surface area contributed by atoms with Crippen molar-refractivity contribution in [3.63, 3.8) is 0 Å². The Morgan fingerprint density at radius 3 is 2.41 bits per heavy atom. The fourth-order valence-electron chi connectivity index (χ4n) is 3.92. The van der Waals surface area contributed by atoms with Gasteiger partial charge in [0.15, 0.2) is 0 Å². The number of hydrogen-bond acceptors (Lipinski definition) is 4. The molecule has 2 heterocycles. The average molecular weight is 362 g/mol. The molecule has 2 amide bonds. The molecule has 0 saturated carbocycles. The zero-order valence-electron chi connectivity index (χ0n) is 15.7. The van der Waals surface area contributed by atoms with Gasteiger partial charge < -0.3 is 9.64 Å². The third-order valence-electron chi connectivity index (χ3n) is 5.14. The Labute approximate surface area is 158 Å². The van der Waals surface area contributed by atoms with E-state index >= 15 is 0 Å². The van der Waals surface area contributed by atoms with Gasteiger partial charge in [0, 0.05) is 23.8 Å². The van der Waals surface area contributed by atoms with Crippen molar-refractivity contribution < 1.29 is 14.3 Å². The normalized spacial score (nSPS) is 16.6. The number of para-hydroxylation sites is 2. The lowest BCUT2D eigenvalue weighted by Gasteiger charge is -2.23. The summed E-state index contributed by atoms with van der Waals surface area (Å²) in [6, 6.07) is 15.2. The van der Waals surface area contributed by atoms with Crippen LogP contribution in [0.1, 0.15) is 25.0 Å². The summed E-state index contributed by atoms with van der Waals surface area (Å²) in [6.07, 6.45) is 0.849. The van der Waals surface area contributed by atoms with Gasteiger partial charge in [-0.15, -0.1) is 0 Å². The van der Waals surface area contributed by atoms with Crippen LogP contribution in [0.2, 0.25) is 0 Å². The van der Waals surface area contributed by atoms with Crippen LogP contribution in [0.4, 0.5) is 5.69 Å². The Kier molecular flexibility index (Phi) is 4.22. The van der Waals surface area contributed by atoms with E-state index in [0.29, 0.717) is 29.1 Å². The van der Waals surface area contributed by atoms with E-state index in [1.807, 2.05) is 61.2 Å². The minimum atomic E-state index is -0.265. The van der Waals surface area contributed by atoms with Crippen molar-refractivity contribution >= 4 is 23.1 Å². The van der Waals surface area contributed by atoms with E-state index in [0.717, 1.165) is 12.1 Å². The predicted molar refractivity (Wildman–Crippen MR) is 104 cm³/mol. The first kappa shape index (κ1) is 17.3. The summed E-state index contributed by atoms with van der Waals surface area (Å²) in [5.74, 6) is 0.0794. The maximum atomic E-state index is 13.3. The van der Waals surface area contributed by atoms with E-state index in [1.165, 1.54) is 10.5 Å². The van der Waals surface area contributed by atoms with E-state index in [2.05, 4.69) is 6.07 Å². The molecule has 0 unspecified atom stereocenters. The van der Waals surface area contributed by atoms with Crippen molar-refractivity contribution in [2.45, 2.75) is 26.3 Å². The molecule has 138 valence electrons. The monoisotopic (exact) mass is 362 g/mol. The number of benzene rings is 2. The summed E-state index contributed by atoms with van der Waals surface area (Å²) in [6.45, 7) is 4.39. The van der Waals surface area contributed by atoms with E-state index in [4.69, 9.17) is 4.74 Å². The summed E-state index contributed by atoms with van der Waals surface area (Å²) < 4.78 is 5.48. The topological polar surface area (TPSA) is 49.9 Å². The second-order valence-electron chi connectivity index (χ2n) is 7.03. The summed E-state index contributed by atoms with van der Waals surface area (Å²) in [7, 11) is 1.58. The third kappa shape index (κ3) is 2.62. The van der Waals surface area contributed by atoms with Gasteiger partial charge in [0.05, 0.1) is 12.7 Å². The highest BCUT2D eigenvalue weighted by atomic mass is 16.5. The van der Waals surface area contributed by atoms with Crippen LogP contribution in [0.5, 0.6) is 5.75 Å². The number of carbonyl (C=O) groups excluding carboxylic acids is 2. The first-order valence-electron chi connectivity index (χ1n) is 9.15. The number of ether oxygens (including phenoxy) is 1. The van der Waals surface area contributed by atoms with Crippen molar-refractivity contribution in [3.8, 4) is 5.75 Å². The number of imide groups is 1. The van der Waals surface area contributed by atoms with Crippen LogP contribution in [-0.4, -0.2) is 36.4 Å². The van der Waals surface area contributed by atoms with Crippen LogP contribution in [0, 0.1) is 0 Å². The van der Waals surface area contributed by atoms with E-state index in [9.17, 15) is 9.59 Å². The SMILES string of the molecule is COc1ccccc1C1=C(N2CCc3ccccc32)C(=O)N(C(C)C)C1=O. The van der Waals surface area contributed by atoms with Crippen molar-refractivity contribution in [1.29, 1.82) is 0 Å². The summed E-state index contributed by atoms with van der Waals surface area (Å²) in [4.78, 5) is 29.9. The Morgan fingerprint density at radius 2 is 1.67 bits per heavy atom. The number of anilines is 1. The summed E-state index contributed by atoms with van der Waals surface area (Å²) >= 11 is 0. The Bertz CT molecular complexity index is 962. The highest BCUT2D eigenvalue weighted by molar-refractivity contribution is 6.37. The lowest BCUT2D eigenvalue weighted by molar-refractivity contribution is -0.138. The minimum absolute atomic E-state index is 0.218. The highest BCUT2D eigenvalue weighted by Gasteiger charge is 2.44. The predicted octanol–water partition coefficient (Wildman–Crippen LogP) is 3.25. The maximum absolute atomic E-state index is 13.3. The minimum Gasteiger partial charge on any atom is -0.496 e. The van der Waals surface area contributed by atoms with Gasteiger partial charge in [0.2, 0.25) is 0 Å². The van der Waals surface area contributed by atoms with Gasteiger partial charge in [-0.05, 0) is 38.0 Å². The molecule has 0 bridgehead atoms. The molecule has 0 aliphatic carbocycles. The molecule has 5 nitrogen and oxygen atoms in total. The van der Waals surface area contributed by atoms with Crippen molar-refractivity contribution in [3.05, 3.63) is 65.4 Å². The molecular formula is C22H22N2O3. The molecular weight excluding hydrogens is 340 g/mol. The first-order chi connectivity index (χ1) is 13.0. The van der Waals surface area contributed by atoms with Gasteiger partial charge >= 0.3 is 0 Å². The van der Waals surface area contributed by atoms with E-state index in [1.54, 1.807) is 7.11 Å². The lowest BCUT2D eigenvalue weighted by Crippen LogP contribution is -2.39. The van der Waals surface area contributed by atoms with Crippen molar-refractivity contribution in [1.82, 2.24) is 4.90 Å². The van der Waals surface area contributed by atoms with E-state index < -0.39 is 0 Å². The Balaban J connectivity index is 1.94. The largest absolute Gasteiger partial charge is 0.496 e. The zero-order chi connectivity index (χ0) is 19.1. The van der Waals surface area contributed by atoms with E-state index in [-0.39, 0.29) is 17.9 Å². The smallest absolute Gasteiger partial charge is 0.278 e. The number of methoxy groups -OCH3 is 1. The molecule has 2 aromatic rings. The third-order valence-corrected chi connectivity index (χ3v) is 5.14. The van der Waals surface area contributed by atoms with Crippen LogP contribution in [0.25, 0.3) is 5.57 Å². The summed E-state index contributed by atoms with van der Waals surface area (Å²) in [5, 5.41) is 0. The molecule has 27 heavy (non-hydrogen) atoms. The number of nitrogens with zero attached hydrogens (tertiary/aromatic N) is 2.